The van der Waals surface area contributed by atoms with Crippen molar-refractivity contribution >= 4 is 11.8 Å². The fourth-order valence-corrected chi connectivity index (χ4v) is 1.47. The van der Waals surface area contributed by atoms with Crippen LogP contribution in [0.15, 0.2) is 0 Å². The number of nitrogens with zero attached hydrogens (tertiary/aromatic N) is 1. The Bertz CT molecular complexity index is 187. The van der Waals surface area contributed by atoms with Gasteiger partial charge in [-0.2, -0.15) is 0 Å². The molecule has 0 N–H and O–H groups in total. The lowest BCUT2D eigenvalue weighted by Gasteiger charge is -2.31. The average molecular weight is 125 g/mol. The average Bonchev–Trinajstić information content (AvgIpc) is 2.04. The molecule has 2 amide bonds. The highest BCUT2D eigenvalue weighted by atomic mass is 16.2. The van der Waals surface area contributed by atoms with E-state index in [1.165, 1.54) is 4.90 Å². The standard InChI is InChI=1S/C6H7NO2/c8-5-2-1-4-3-6(9)7(4)5/h4H,1-3H2. The van der Waals surface area contributed by atoms with Crippen LogP contribution in [-0.4, -0.2) is 22.8 Å². The molecule has 3 heteroatoms. The maximum absolute atomic E-state index is 10.8. The molecule has 2 rings (SSSR count). The molecule has 0 aliphatic carbocycles. The number of hydrogen-bond acceptors (Lipinski definition) is 2. The van der Waals surface area contributed by atoms with Crippen LogP contribution >= 0.6 is 0 Å². The van der Waals surface area contributed by atoms with Crippen molar-refractivity contribution in [2.24, 2.45) is 0 Å². The van der Waals surface area contributed by atoms with Crippen molar-refractivity contribution < 1.29 is 9.59 Å². The predicted molar refractivity (Wildman–Crippen MR) is 29.5 cm³/mol. The minimum Gasteiger partial charge on any atom is -0.279 e. The van der Waals surface area contributed by atoms with Gasteiger partial charge in [-0.15, -0.1) is 0 Å². The number of hydrogen-bond donors (Lipinski definition) is 0. The zero-order valence-electron chi connectivity index (χ0n) is 4.96. The van der Waals surface area contributed by atoms with Crippen LogP contribution in [0, 0.1) is 0 Å². The van der Waals surface area contributed by atoms with E-state index in [0.29, 0.717) is 12.8 Å². The number of β-lactam (4-membered cyclic amide) rings is 1. The Kier molecular flexibility index (Phi) is 0.743. The lowest BCUT2D eigenvalue weighted by molar-refractivity contribution is -0.152. The first-order valence-corrected chi connectivity index (χ1v) is 3.14. The Morgan fingerprint density at radius 3 is 2.56 bits per heavy atom. The van der Waals surface area contributed by atoms with Gasteiger partial charge in [0.15, 0.2) is 0 Å². The van der Waals surface area contributed by atoms with Crippen molar-refractivity contribution in [1.29, 1.82) is 0 Å². The molecule has 2 aliphatic heterocycles. The van der Waals surface area contributed by atoms with Gasteiger partial charge in [-0.25, -0.2) is 0 Å². The minimum atomic E-state index is 0.0162. The highest BCUT2D eigenvalue weighted by molar-refractivity contribution is 6.02. The highest BCUT2D eigenvalue weighted by Crippen LogP contribution is 2.30. The van der Waals surface area contributed by atoms with Gasteiger partial charge in [0.25, 0.3) is 0 Å². The number of fused-ring (bicyclic) bond motifs is 1. The largest absolute Gasteiger partial charge is 0.279 e. The second kappa shape index (κ2) is 1.35. The summed E-state index contributed by atoms with van der Waals surface area (Å²) in [6, 6.07) is 0.282. The molecular weight excluding hydrogens is 118 g/mol. The van der Waals surface area contributed by atoms with E-state index in [2.05, 4.69) is 0 Å². The van der Waals surface area contributed by atoms with Crippen LogP contribution in [0.5, 0.6) is 0 Å². The zero-order chi connectivity index (χ0) is 6.43. The van der Waals surface area contributed by atoms with E-state index in [4.69, 9.17) is 0 Å². The van der Waals surface area contributed by atoms with Crippen LogP contribution in [0.2, 0.25) is 0 Å². The van der Waals surface area contributed by atoms with E-state index in [9.17, 15) is 9.59 Å². The quantitative estimate of drug-likeness (QED) is 0.335. The van der Waals surface area contributed by atoms with Crippen LogP contribution in [0.25, 0.3) is 0 Å². The first-order chi connectivity index (χ1) is 4.29. The van der Waals surface area contributed by atoms with Crippen LogP contribution in [0.3, 0.4) is 0 Å². The van der Waals surface area contributed by atoms with Crippen molar-refractivity contribution in [3.63, 3.8) is 0 Å². The highest BCUT2D eigenvalue weighted by Gasteiger charge is 2.44. The molecule has 0 radical (unpaired) electrons. The van der Waals surface area contributed by atoms with Gasteiger partial charge in [-0.05, 0) is 6.42 Å². The second-order valence-electron chi connectivity index (χ2n) is 2.55. The predicted octanol–water partition coefficient (Wildman–Crippen LogP) is -0.0923. The fraction of sp³-hybridized carbons (Fsp3) is 0.667. The summed E-state index contributed by atoms with van der Waals surface area (Å²) in [5.41, 5.74) is 0. The number of amides is 2. The lowest BCUT2D eigenvalue weighted by Crippen LogP contribution is -2.50. The summed E-state index contributed by atoms with van der Waals surface area (Å²) in [6.45, 7) is 0. The molecule has 1 unspecified atom stereocenters. The van der Waals surface area contributed by atoms with Crippen LogP contribution in [0.4, 0.5) is 0 Å². The summed E-state index contributed by atoms with van der Waals surface area (Å²) in [5, 5.41) is 0. The summed E-state index contributed by atoms with van der Waals surface area (Å²) in [5.74, 6) is 0.0405. The van der Waals surface area contributed by atoms with Gasteiger partial charge in [0.2, 0.25) is 11.8 Å². The maximum atomic E-state index is 10.8. The van der Waals surface area contributed by atoms with Crippen molar-refractivity contribution in [2.75, 3.05) is 0 Å². The Morgan fingerprint density at radius 1 is 1.33 bits per heavy atom. The van der Waals surface area contributed by atoms with Crippen LogP contribution < -0.4 is 0 Å². The van der Waals surface area contributed by atoms with E-state index >= 15 is 0 Å². The Balaban J connectivity index is 2.23. The smallest absolute Gasteiger partial charge is 0.231 e. The molecule has 2 saturated heterocycles. The molecule has 48 valence electrons. The third-order valence-corrected chi connectivity index (χ3v) is 2.00. The topological polar surface area (TPSA) is 37.4 Å². The third kappa shape index (κ3) is 0.465. The van der Waals surface area contributed by atoms with Crippen molar-refractivity contribution in [3.05, 3.63) is 0 Å². The molecule has 0 saturated carbocycles. The molecule has 2 heterocycles. The van der Waals surface area contributed by atoms with E-state index in [0.717, 1.165) is 6.42 Å². The van der Waals surface area contributed by atoms with Crippen molar-refractivity contribution in [3.8, 4) is 0 Å². The molecule has 0 aromatic rings. The molecule has 9 heavy (non-hydrogen) atoms. The summed E-state index contributed by atoms with van der Waals surface area (Å²) in [6.07, 6.45) is 2.08. The monoisotopic (exact) mass is 125 g/mol. The number of imide groups is 1. The Hall–Kier alpha value is -0.860. The van der Waals surface area contributed by atoms with Crippen molar-refractivity contribution in [1.82, 2.24) is 4.90 Å². The Morgan fingerprint density at radius 2 is 2.11 bits per heavy atom. The summed E-state index contributed by atoms with van der Waals surface area (Å²) < 4.78 is 0. The zero-order valence-corrected chi connectivity index (χ0v) is 4.96. The van der Waals surface area contributed by atoms with Gasteiger partial charge < -0.3 is 0 Å². The normalized spacial score (nSPS) is 32.4. The molecule has 0 aromatic heterocycles. The van der Waals surface area contributed by atoms with Crippen LogP contribution in [-0.2, 0) is 9.59 Å². The second-order valence-corrected chi connectivity index (χ2v) is 2.55. The van der Waals surface area contributed by atoms with E-state index < -0.39 is 0 Å². The van der Waals surface area contributed by atoms with Crippen LogP contribution in [0.1, 0.15) is 19.3 Å². The first kappa shape index (κ1) is 4.97. The van der Waals surface area contributed by atoms with Gasteiger partial charge in [0.1, 0.15) is 0 Å². The van der Waals surface area contributed by atoms with Crippen molar-refractivity contribution in [2.45, 2.75) is 25.3 Å². The third-order valence-electron chi connectivity index (χ3n) is 2.00. The van der Waals surface area contributed by atoms with Gasteiger partial charge in [0.05, 0.1) is 0 Å². The van der Waals surface area contributed by atoms with Gasteiger partial charge in [-0.3, -0.25) is 14.5 Å². The molecule has 0 spiro atoms. The van der Waals surface area contributed by atoms with Gasteiger partial charge in [-0.1, -0.05) is 0 Å². The number of carbonyl (C=O) groups excluding carboxylic acids is 2. The van der Waals surface area contributed by atoms with E-state index in [1.807, 2.05) is 0 Å². The summed E-state index contributed by atoms with van der Waals surface area (Å²) in [4.78, 5) is 22.8. The molecule has 1 atom stereocenters. The summed E-state index contributed by atoms with van der Waals surface area (Å²) >= 11 is 0. The molecular formula is C6H7NO2. The minimum absolute atomic E-state index is 0.0162. The molecule has 0 bridgehead atoms. The maximum Gasteiger partial charge on any atom is 0.231 e. The molecule has 2 aliphatic rings. The first-order valence-electron chi connectivity index (χ1n) is 3.14. The Labute approximate surface area is 52.6 Å². The fourth-order valence-electron chi connectivity index (χ4n) is 1.47. The molecule has 3 nitrogen and oxygen atoms in total. The summed E-state index contributed by atoms with van der Waals surface area (Å²) in [7, 11) is 0. The molecule has 2 fully saturated rings. The van der Waals surface area contributed by atoms with E-state index in [1.54, 1.807) is 0 Å². The number of rotatable bonds is 0. The van der Waals surface area contributed by atoms with Gasteiger partial charge >= 0.3 is 0 Å². The van der Waals surface area contributed by atoms with E-state index in [-0.39, 0.29) is 17.9 Å². The number of carbonyl (C=O) groups is 2. The lowest BCUT2D eigenvalue weighted by atomic mass is 10.0. The molecule has 0 aromatic carbocycles. The SMILES string of the molecule is O=C1CCC2CC(=O)N12. The van der Waals surface area contributed by atoms with Gasteiger partial charge in [0, 0.05) is 18.9 Å².